The first-order chi connectivity index (χ1) is 6.20. The van der Waals surface area contributed by atoms with E-state index in [4.69, 9.17) is 0 Å². The first kappa shape index (κ1) is 12.5. The predicted molar refractivity (Wildman–Crippen MR) is 56.6 cm³/mol. The zero-order valence-corrected chi connectivity index (χ0v) is 9.47. The van der Waals surface area contributed by atoms with E-state index >= 15 is 0 Å². The summed E-state index contributed by atoms with van der Waals surface area (Å²) in [6.45, 7) is 10.4. The van der Waals surface area contributed by atoms with Gasteiger partial charge in [0.05, 0.1) is 0 Å². The van der Waals surface area contributed by atoms with Gasteiger partial charge in [-0.3, -0.25) is 4.79 Å². The molecule has 0 saturated carbocycles. The van der Waals surface area contributed by atoms with Crippen molar-refractivity contribution in [1.29, 1.82) is 0 Å². The second-order valence-electron chi connectivity index (χ2n) is 3.67. The van der Waals surface area contributed by atoms with Gasteiger partial charge in [-0.15, -0.1) is 0 Å². The first-order valence-electron chi connectivity index (χ1n) is 5.48. The molecule has 2 nitrogen and oxygen atoms in total. The van der Waals surface area contributed by atoms with Crippen LogP contribution in [-0.4, -0.2) is 23.9 Å². The van der Waals surface area contributed by atoms with E-state index in [0.717, 1.165) is 32.4 Å². The largest absolute Gasteiger partial charge is 0.343 e. The van der Waals surface area contributed by atoms with Gasteiger partial charge in [-0.2, -0.15) is 0 Å². The standard InChI is InChI=1S/C9H17NO.C2H6/c1-8(2)5-7-10-6-3-4-9(10)11;1-2/h8H,3-7H2,1-2H3;1-2H3. The van der Waals surface area contributed by atoms with Gasteiger partial charge in [-0.05, 0) is 18.8 Å². The van der Waals surface area contributed by atoms with Crippen LogP contribution in [0.15, 0.2) is 0 Å². The lowest BCUT2D eigenvalue weighted by molar-refractivity contribution is -0.127. The SMILES string of the molecule is CC.CC(C)CCN1CCCC1=O. The van der Waals surface area contributed by atoms with E-state index in [1.54, 1.807) is 0 Å². The van der Waals surface area contributed by atoms with Gasteiger partial charge in [0.2, 0.25) is 5.91 Å². The molecule has 1 heterocycles. The van der Waals surface area contributed by atoms with Crippen LogP contribution in [0.1, 0.15) is 47.0 Å². The molecule has 78 valence electrons. The van der Waals surface area contributed by atoms with Crippen molar-refractivity contribution in [2.24, 2.45) is 5.92 Å². The number of carbonyl (C=O) groups excluding carboxylic acids is 1. The Hall–Kier alpha value is -0.530. The van der Waals surface area contributed by atoms with E-state index in [2.05, 4.69) is 13.8 Å². The molecule has 1 aliphatic heterocycles. The van der Waals surface area contributed by atoms with Crippen molar-refractivity contribution < 1.29 is 4.79 Å². The molecule has 1 fully saturated rings. The summed E-state index contributed by atoms with van der Waals surface area (Å²) in [7, 11) is 0. The van der Waals surface area contributed by atoms with E-state index < -0.39 is 0 Å². The fraction of sp³-hybridized carbons (Fsp3) is 0.909. The zero-order valence-electron chi connectivity index (χ0n) is 9.47. The third-order valence-corrected chi connectivity index (χ3v) is 2.15. The van der Waals surface area contributed by atoms with E-state index in [0.29, 0.717) is 11.8 Å². The Labute approximate surface area is 82.3 Å². The topological polar surface area (TPSA) is 20.3 Å². The molecule has 0 radical (unpaired) electrons. The van der Waals surface area contributed by atoms with Crippen molar-refractivity contribution in [3.8, 4) is 0 Å². The maximum absolute atomic E-state index is 11.1. The number of nitrogens with zero attached hydrogens (tertiary/aromatic N) is 1. The lowest BCUT2D eigenvalue weighted by Gasteiger charge is -2.16. The van der Waals surface area contributed by atoms with Crippen molar-refractivity contribution in [2.45, 2.75) is 47.0 Å². The van der Waals surface area contributed by atoms with Gasteiger partial charge < -0.3 is 4.90 Å². The van der Waals surface area contributed by atoms with Crippen LogP contribution in [0, 0.1) is 5.92 Å². The van der Waals surface area contributed by atoms with Crippen LogP contribution < -0.4 is 0 Å². The third-order valence-electron chi connectivity index (χ3n) is 2.15. The highest BCUT2D eigenvalue weighted by Gasteiger charge is 2.19. The molecule has 0 atom stereocenters. The molecule has 1 saturated heterocycles. The summed E-state index contributed by atoms with van der Waals surface area (Å²) < 4.78 is 0. The zero-order chi connectivity index (χ0) is 10.3. The van der Waals surface area contributed by atoms with E-state index in [1.165, 1.54) is 0 Å². The fourth-order valence-corrected chi connectivity index (χ4v) is 1.35. The Bertz CT molecular complexity index is 143. The van der Waals surface area contributed by atoms with Gasteiger partial charge in [0.1, 0.15) is 0 Å². The molecule has 0 aromatic carbocycles. The van der Waals surface area contributed by atoms with Crippen LogP contribution in [0.5, 0.6) is 0 Å². The number of likely N-dealkylation sites (tertiary alicyclic amines) is 1. The summed E-state index contributed by atoms with van der Waals surface area (Å²) in [4.78, 5) is 13.1. The van der Waals surface area contributed by atoms with Gasteiger partial charge in [0, 0.05) is 19.5 Å². The molecule has 0 aromatic rings. The van der Waals surface area contributed by atoms with Crippen LogP contribution in [0.4, 0.5) is 0 Å². The highest BCUT2D eigenvalue weighted by Crippen LogP contribution is 2.11. The molecule has 0 aromatic heterocycles. The van der Waals surface area contributed by atoms with Gasteiger partial charge in [0.15, 0.2) is 0 Å². The van der Waals surface area contributed by atoms with Crippen LogP contribution in [0.25, 0.3) is 0 Å². The maximum Gasteiger partial charge on any atom is 0.222 e. The number of rotatable bonds is 3. The summed E-state index contributed by atoms with van der Waals surface area (Å²) in [6, 6.07) is 0. The van der Waals surface area contributed by atoms with Crippen molar-refractivity contribution in [2.75, 3.05) is 13.1 Å². The molecule has 0 spiro atoms. The molecular weight excluding hydrogens is 162 g/mol. The Balaban J connectivity index is 0.000000671. The Morgan fingerprint density at radius 2 is 2.00 bits per heavy atom. The van der Waals surface area contributed by atoms with E-state index in [9.17, 15) is 4.79 Å². The Morgan fingerprint density at radius 3 is 2.38 bits per heavy atom. The van der Waals surface area contributed by atoms with Crippen LogP contribution >= 0.6 is 0 Å². The lowest BCUT2D eigenvalue weighted by atomic mass is 10.1. The first-order valence-corrected chi connectivity index (χ1v) is 5.48. The predicted octanol–water partition coefficient (Wildman–Crippen LogP) is 2.68. The smallest absolute Gasteiger partial charge is 0.222 e. The molecule has 1 amide bonds. The Kier molecular flexibility index (Phi) is 6.65. The molecular formula is C11H23NO. The number of hydrogen-bond acceptors (Lipinski definition) is 1. The second kappa shape index (κ2) is 6.93. The summed E-state index contributed by atoms with van der Waals surface area (Å²) in [5, 5.41) is 0. The highest BCUT2D eigenvalue weighted by atomic mass is 16.2. The van der Waals surface area contributed by atoms with Crippen LogP contribution in [-0.2, 0) is 4.79 Å². The highest BCUT2D eigenvalue weighted by molar-refractivity contribution is 5.77. The van der Waals surface area contributed by atoms with E-state index in [-0.39, 0.29) is 0 Å². The number of carbonyl (C=O) groups is 1. The van der Waals surface area contributed by atoms with E-state index in [1.807, 2.05) is 18.7 Å². The van der Waals surface area contributed by atoms with Gasteiger partial charge in [-0.25, -0.2) is 0 Å². The van der Waals surface area contributed by atoms with Gasteiger partial charge in [0.25, 0.3) is 0 Å². The van der Waals surface area contributed by atoms with Crippen molar-refractivity contribution in [3.05, 3.63) is 0 Å². The molecule has 0 bridgehead atoms. The average molecular weight is 185 g/mol. The monoisotopic (exact) mass is 185 g/mol. The van der Waals surface area contributed by atoms with Crippen molar-refractivity contribution in [1.82, 2.24) is 4.90 Å². The Morgan fingerprint density at radius 1 is 1.38 bits per heavy atom. The molecule has 0 aliphatic carbocycles. The summed E-state index contributed by atoms with van der Waals surface area (Å²) in [6.07, 6.45) is 2.99. The lowest BCUT2D eigenvalue weighted by Crippen LogP contribution is -2.26. The minimum atomic E-state index is 0.352. The molecule has 13 heavy (non-hydrogen) atoms. The summed E-state index contributed by atoms with van der Waals surface area (Å²) in [5.74, 6) is 1.06. The van der Waals surface area contributed by atoms with Crippen LogP contribution in [0.2, 0.25) is 0 Å². The average Bonchev–Trinajstić information content (AvgIpc) is 2.51. The normalized spacial score (nSPS) is 16.1. The summed E-state index contributed by atoms with van der Waals surface area (Å²) >= 11 is 0. The van der Waals surface area contributed by atoms with Crippen molar-refractivity contribution >= 4 is 5.91 Å². The van der Waals surface area contributed by atoms with Crippen molar-refractivity contribution in [3.63, 3.8) is 0 Å². The molecule has 1 aliphatic rings. The molecule has 0 unspecified atom stereocenters. The van der Waals surface area contributed by atoms with Gasteiger partial charge in [-0.1, -0.05) is 27.7 Å². The molecule has 0 N–H and O–H groups in total. The summed E-state index contributed by atoms with van der Waals surface area (Å²) in [5.41, 5.74) is 0. The molecule has 2 heteroatoms. The minimum absolute atomic E-state index is 0.352. The molecule has 1 rings (SSSR count). The van der Waals surface area contributed by atoms with Crippen LogP contribution in [0.3, 0.4) is 0 Å². The maximum atomic E-state index is 11.1. The second-order valence-corrected chi connectivity index (χ2v) is 3.67. The number of amides is 1. The number of hydrogen-bond donors (Lipinski definition) is 0. The minimum Gasteiger partial charge on any atom is -0.343 e. The third kappa shape index (κ3) is 4.91. The quantitative estimate of drug-likeness (QED) is 0.662. The fourth-order valence-electron chi connectivity index (χ4n) is 1.35. The van der Waals surface area contributed by atoms with Gasteiger partial charge >= 0.3 is 0 Å².